The Labute approximate surface area is 97.5 Å². The maximum absolute atomic E-state index is 13.7. The van der Waals surface area contributed by atoms with Crippen LogP contribution in [0.4, 0.5) is 4.39 Å². The van der Waals surface area contributed by atoms with Gasteiger partial charge in [-0.25, -0.2) is 4.39 Å². The number of nitrogens with zero attached hydrogens (tertiary/aromatic N) is 1. The van der Waals surface area contributed by atoms with E-state index in [-0.39, 0.29) is 37.0 Å². The van der Waals surface area contributed by atoms with Gasteiger partial charge in [-0.3, -0.25) is 14.6 Å². The predicted molar refractivity (Wildman–Crippen MR) is 57.0 cm³/mol. The van der Waals surface area contributed by atoms with E-state index in [9.17, 15) is 19.1 Å². The Morgan fingerprint density at radius 2 is 2.06 bits per heavy atom. The summed E-state index contributed by atoms with van der Waals surface area (Å²) in [6.07, 6.45) is 3.07. The molecular weight excluding hydrogens is 225 g/mol. The number of hydrogen-bond donors (Lipinski definition) is 1. The number of rotatable bonds is 2. The van der Waals surface area contributed by atoms with Crippen LogP contribution in [0.2, 0.25) is 0 Å². The molecule has 2 rings (SSSR count). The van der Waals surface area contributed by atoms with Crippen molar-refractivity contribution in [2.45, 2.75) is 31.1 Å². The first kappa shape index (κ1) is 11.7. The number of aromatic nitrogens is 1. The van der Waals surface area contributed by atoms with Gasteiger partial charge in [-0.1, -0.05) is 0 Å². The second kappa shape index (κ2) is 4.24. The van der Waals surface area contributed by atoms with Gasteiger partial charge in [0.15, 0.2) is 0 Å². The Bertz CT molecular complexity index is 463. The van der Waals surface area contributed by atoms with Gasteiger partial charge >= 0.3 is 5.97 Å². The van der Waals surface area contributed by atoms with Crippen molar-refractivity contribution in [3.63, 3.8) is 0 Å². The van der Waals surface area contributed by atoms with E-state index >= 15 is 0 Å². The third kappa shape index (κ3) is 1.92. The number of carboxylic acid groups (broad SMARTS) is 1. The standard InChI is InChI=1S/C12H12FNO3/c13-10-7-14-6-3-9(10)12(11(16)17)4-1-8(15)2-5-12/h3,6-7H,1-2,4-5H2,(H,16,17). The van der Waals surface area contributed by atoms with E-state index in [2.05, 4.69) is 4.98 Å². The molecule has 0 aromatic carbocycles. The zero-order valence-corrected chi connectivity index (χ0v) is 9.15. The predicted octanol–water partition coefficient (Wildman–Crippen LogP) is 1.69. The van der Waals surface area contributed by atoms with Gasteiger partial charge in [0.2, 0.25) is 0 Å². The molecule has 1 fully saturated rings. The number of aliphatic carboxylic acids is 1. The van der Waals surface area contributed by atoms with Crippen LogP contribution < -0.4 is 0 Å². The van der Waals surface area contributed by atoms with Crippen molar-refractivity contribution in [2.75, 3.05) is 0 Å². The van der Waals surface area contributed by atoms with Crippen molar-refractivity contribution in [2.24, 2.45) is 0 Å². The van der Waals surface area contributed by atoms with Crippen LogP contribution in [0.5, 0.6) is 0 Å². The van der Waals surface area contributed by atoms with E-state index in [1.54, 1.807) is 0 Å². The van der Waals surface area contributed by atoms with Crippen LogP contribution >= 0.6 is 0 Å². The van der Waals surface area contributed by atoms with Gasteiger partial charge in [0.05, 0.1) is 11.6 Å². The van der Waals surface area contributed by atoms with Gasteiger partial charge in [-0.15, -0.1) is 0 Å². The van der Waals surface area contributed by atoms with Crippen molar-refractivity contribution >= 4 is 11.8 Å². The highest BCUT2D eigenvalue weighted by Gasteiger charge is 2.44. The van der Waals surface area contributed by atoms with Crippen LogP contribution in [0, 0.1) is 5.82 Å². The lowest BCUT2D eigenvalue weighted by Crippen LogP contribution is -2.40. The summed E-state index contributed by atoms with van der Waals surface area (Å²) in [5, 5.41) is 9.35. The van der Waals surface area contributed by atoms with Crippen LogP contribution in [0.1, 0.15) is 31.2 Å². The molecule has 0 bridgehead atoms. The van der Waals surface area contributed by atoms with Crippen molar-refractivity contribution in [1.82, 2.24) is 4.98 Å². The summed E-state index contributed by atoms with van der Waals surface area (Å²) in [6.45, 7) is 0. The van der Waals surface area contributed by atoms with Crippen LogP contribution in [0.25, 0.3) is 0 Å². The average Bonchev–Trinajstić information content (AvgIpc) is 2.31. The number of Topliss-reactive ketones (excluding diaryl/α,β-unsaturated/α-hetero) is 1. The number of carbonyl (C=O) groups is 2. The normalized spacial score (nSPS) is 19.0. The molecule has 4 nitrogen and oxygen atoms in total. The fourth-order valence-corrected chi connectivity index (χ4v) is 2.32. The smallest absolute Gasteiger partial charge is 0.314 e. The lowest BCUT2D eigenvalue weighted by molar-refractivity contribution is -0.146. The van der Waals surface area contributed by atoms with Crippen molar-refractivity contribution < 1.29 is 19.1 Å². The van der Waals surface area contributed by atoms with Gasteiger partial charge in [-0.05, 0) is 18.9 Å². The lowest BCUT2D eigenvalue weighted by atomic mass is 9.69. The number of halogens is 1. The first-order chi connectivity index (χ1) is 8.06. The Morgan fingerprint density at radius 3 is 2.59 bits per heavy atom. The average molecular weight is 237 g/mol. The molecule has 1 N–H and O–H groups in total. The Morgan fingerprint density at radius 1 is 1.41 bits per heavy atom. The molecule has 0 unspecified atom stereocenters. The summed E-state index contributed by atoms with van der Waals surface area (Å²) in [5.41, 5.74) is -1.14. The molecule has 0 aliphatic heterocycles. The molecule has 17 heavy (non-hydrogen) atoms. The minimum Gasteiger partial charge on any atom is -0.481 e. The van der Waals surface area contributed by atoms with Crippen molar-refractivity contribution in [1.29, 1.82) is 0 Å². The molecule has 0 saturated heterocycles. The van der Waals surface area contributed by atoms with E-state index in [1.807, 2.05) is 0 Å². The maximum Gasteiger partial charge on any atom is 0.314 e. The second-order valence-electron chi connectivity index (χ2n) is 4.28. The zero-order valence-electron chi connectivity index (χ0n) is 9.15. The summed E-state index contributed by atoms with van der Waals surface area (Å²) in [5.74, 6) is -1.66. The largest absolute Gasteiger partial charge is 0.481 e. The minimum absolute atomic E-state index is 0.0383. The number of carboxylic acids is 1. The topological polar surface area (TPSA) is 67.3 Å². The fraction of sp³-hybridized carbons (Fsp3) is 0.417. The molecule has 0 spiro atoms. The number of hydrogen-bond acceptors (Lipinski definition) is 3. The van der Waals surface area contributed by atoms with Crippen molar-refractivity contribution in [3.8, 4) is 0 Å². The van der Waals surface area contributed by atoms with E-state index in [0.717, 1.165) is 6.20 Å². The van der Waals surface area contributed by atoms with E-state index in [1.165, 1.54) is 12.3 Å². The first-order valence-electron chi connectivity index (χ1n) is 5.41. The Hall–Kier alpha value is -1.78. The van der Waals surface area contributed by atoms with Crippen LogP contribution in [-0.4, -0.2) is 21.8 Å². The quantitative estimate of drug-likeness (QED) is 0.849. The monoisotopic (exact) mass is 237 g/mol. The van der Waals surface area contributed by atoms with Crippen LogP contribution in [-0.2, 0) is 15.0 Å². The van der Waals surface area contributed by atoms with E-state index in [4.69, 9.17) is 0 Å². The molecule has 5 heteroatoms. The minimum atomic E-state index is -1.28. The number of carbonyl (C=O) groups excluding carboxylic acids is 1. The third-order valence-electron chi connectivity index (χ3n) is 3.36. The van der Waals surface area contributed by atoms with Crippen LogP contribution in [0.15, 0.2) is 18.5 Å². The summed E-state index contributed by atoms with van der Waals surface area (Å²) in [7, 11) is 0. The fourth-order valence-electron chi connectivity index (χ4n) is 2.32. The van der Waals surface area contributed by atoms with Crippen LogP contribution in [0.3, 0.4) is 0 Å². The van der Waals surface area contributed by atoms with Gasteiger partial charge in [0.25, 0.3) is 0 Å². The third-order valence-corrected chi connectivity index (χ3v) is 3.36. The SMILES string of the molecule is O=C1CCC(C(=O)O)(c2ccncc2F)CC1. The highest BCUT2D eigenvalue weighted by atomic mass is 19.1. The summed E-state index contributed by atoms with van der Waals surface area (Å²) >= 11 is 0. The maximum atomic E-state index is 13.7. The molecule has 1 aromatic heterocycles. The molecule has 0 amide bonds. The van der Waals surface area contributed by atoms with E-state index < -0.39 is 17.2 Å². The molecule has 0 atom stereocenters. The molecular formula is C12H12FNO3. The van der Waals surface area contributed by atoms with Gasteiger partial charge in [0.1, 0.15) is 11.6 Å². The summed E-state index contributed by atoms with van der Waals surface area (Å²) < 4.78 is 13.7. The zero-order chi connectivity index (χ0) is 12.5. The number of pyridine rings is 1. The Balaban J connectivity index is 2.46. The highest BCUT2D eigenvalue weighted by Crippen LogP contribution is 2.39. The highest BCUT2D eigenvalue weighted by molar-refractivity contribution is 5.87. The molecule has 1 saturated carbocycles. The Kier molecular flexibility index (Phi) is 2.92. The molecule has 90 valence electrons. The van der Waals surface area contributed by atoms with Crippen molar-refractivity contribution in [3.05, 3.63) is 29.8 Å². The van der Waals surface area contributed by atoms with Gasteiger partial charge in [-0.2, -0.15) is 0 Å². The molecule has 0 radical (unpaired) electrons. The molecule has 1 heterocycles. The second-order valence-corrected chi connectivity index (χ2v) is 4.28. The van der Waals surface area contributed by atoms with Gasteiger partial charge in [0, 0.05) is 24.6 Å². The van der Waals surface area contributed by atoms with E-state index in [0.29, 0.717) is 0 Å². The molecule has 1 aliphatic carbocycles. The molecule has 1 aliphatic rings. The summed E-state index contributed by atoms with van der Waals surface area (Å²) in [4.78, 5) is 26.2. The number of ketones is 1. The lowest BCUT2D eigenvalue weighted by Gasteiger charge is -2.33. The van der Waals surface area contributed by atoms with Gasteiger partial charge < -0.3 is 5.11 Å². The summed E-state index contributed by atoms with van der Waals surface area (Å²) in [6, 6.07) is 1.39. The molecule has 1 aromatic rings. The first-order valence-corrected chi connectivity index (χ1v) is 5.41.